The minimum Gasteiger partial charge on any atom is -0.310 e. The predicted octanol–water partition coefficient (Wildman–Crippen LogP) is 13.1. The molecule has 0 saturated carbocycles. The number of nitrogens with zero attached hydrogens (tertiary/aromatic N) is 1. The minimum atomic E-state index is 1.12. The highest BCUT2D eigenvalue weighted by molar-refractivity contribution is 6.21. The molecule has 9 rings (SSSR count). The molecule has 9 aromatic rings. The Bertz CT molecular complexity index is 2560. The van der Waals surface area contributed by atoms with Crippen LogP contribution in [0.4, 0.5) is 17.1 Å². The fraction of sp³-hybridized carbons (Fsp3) is 0. The summed E-state index contributed by atoms with van der Waals surface area (Å²) in [7, 11) is 0. The van der Waals surface area contributed by atoms with E-state index in [1.807, 2.05) is 0 Å². The Balaban J connectivity index is 1.33. The molecule has 0 aromatic heterocycles. The molecule has 0 saturated heterocycles. The van der Waals surface area contributed by atoms with Crippen LogP contribution in [0.3, 0.4) is 0 Å². The molecule has 47 heavy (non-hydrogen) atoms. The Morgan fingerprint density at radius 3 is 1.66 bits per heavy atom. The molecule has 9 aromatic carbocycles. The summed E-state index contributed by atoms with van der Waals surface area (Å²) >= 11 is 0. The van der Waals surface area contributed by atoms with E-state index in [4.69, 9.17) is 0 Å². The SMILES string of the molecule is c1ccc(-c2cccc(N(c3ccccc3)c3cc4ccccc4cc3-c3ccc4ccc5ccc6ccccc6c5c4c3)c2)cc1. The number of benzene rings is 9. The minimum absolute atomic E-state index is 1.12. The lowest BCUT2D eigenvalue weighted by atomic mass is 9.92. The van der Waals surface area contributed by atoms with E-state index in [0.717, 1.165) is 17.1 Å². The van der Waals surface area contributed by atoms with Gasteiger partial charge in [-0.3, -0.25) is 0 Å². The van der Waals surface area contributed by atoms with E-state index < -0.39 is 0 Å². The fourth-order valence-electron chi connectivity index (χ4n) is 7.10. The Kier molecular flexibility index (Phi) is 6.54. The third-order valence-electron chi connectivity index (χ3n) is 9.37. The van der Waals surface area contributed by atoms with Crippen LogP contribution in [-0.4, -0.2) is 0 Å². The summed E-state index contributed by atoms with van der Waals surface area (Å²) in [4.78, 5) is 2.41. The molecule has 0 atom stereocenters. The van der Waals surface area contributed by atoms with E-state index in [-0.39, 0.29) is 0 Å². The van der Waals surface area contributed by atoms with E-state index in [1.165, 1.54) is 65.3 Å². The average molecular weight is 598 g/mol. The van der Waals surface area contributed by atoms with Gasteiger partial charge in [-0.05, 0) is 102 Å². The monoisotopic (exact) mass is 597 g/mol. The van der Waals surface area contributed by atoms with Crippen molar-refractivity contribution in [2.75, 3.05) is 4.90 Å². The lowest BCUT2D eigenvalue weighted by Crippen LogP contribution is -2.11. The molecule has 0 aliphatic rings. The van der Waals surface area contributed by atoms with Gasteiger partial charge in [0, 0.05) is 16.9 Å². The van der Waals surface area contributed by atoms with Crippen LogP contribution >= 0.6 is 0 Å². The second-order valence-corrected chi connectivity index (χ2v) is 12.2. The van der Waals surface area contributed by atoms with Crippen LogP contribution in [0.15, 0.2) is 188 Å². The number of fused-ring (bicyclic) bond motifs is 6. The van der Waals surface area contributed by atoms with Crippen molar-refractivity contribution in [2.24, 2.45) is 0 Å². The molecule has 0 aliphatic carbocycles. The van der Waals surface area contributed by atoms with Gasteiger partial charge in [0.15, 0.2) is 0 Å². The third-order valence-corrected chi connectivity index (χ3v) is 9.37. The molecule has 0 radical (unpaired) electrons. The van der Waals surface area contributed by atoms with E-state index >= 15 is 0 Å². The van der Waals surface area contributed by atoms with Gasteiger partial charge in [-0.1, -0.05) is 146 Å². The Hall–Kier alpha value is -6.18. The van der Waals surface area contributed by atoms with E-state index in [0.29, 0.717) is 0 Å². The molecular formula is C46H31N. The van der Waals surface area contributed by atoms with Crippen molar-refractivity contribution in [1.82, 2.24) is 0 Å². The maximum absolute atomic E-state index is 2.41. The number of hydrogen-bond acceptors (Lipinski definition) is 1. The lowest BCUT2D eigenvalue weighted by Gasteiger charge is -2.29. The highest BCUT2D eigenvalue weighted by atomic mass is 15.1. The standard InChI is InChI=1S/C46H31N/c1-3-12-32(13-4-1)36-17-11-20-41(28-36)47(40-18-5-2-6-19-40)45-31-38-16-8-7-15-37(38)29-43(45)39-27-24-34-23-26-35-25-22-33-14-9-10-21-42(33)46(35)44(34)30-39/h1-31H. The Labute approximate surface area is 274 Å². The smallest absolute Gasteiger partial charge is 0.0546 e. The first kappa shape index (κ1) is 27.2. The number of hydrogen-bond donors (Lipinski definition) is 0. The summed E-state index contributed by atoms with van der Waals surface area (Å²) in [6.07, 6.45) is 0. The number of para-hydroxylation sites is 1. The topological polar surface area (TPSA) is 3.24 Å². The largest absolute Gasteiger partial charge is 0.310 e. The second kappa shape index (κ2) is 11.3. The molecule has 220 valence electrons. The molecule has 0 bridgehead atoms. The molecule has 0 aliphatic heterocycles. The normalized spacial score (nSPS) is 11.4. The van der Waals surface area contributed by atoms with Gasteiger partial charge in [0.1, 0.15) is 0 Å². The van der Waals surface area contributed by atoms with E-state index in [1.54, 1.807) is 0 Å². The van der Waals surface area contributed by atoms with Crippen molar-refractivity contribution in [2.45, 2.75) is 0 Å². The maximum Gasteiger partial charge on any atom is 0.0546 e. The van der Waals surface area contributed by atoms with Crippen LogP contribution in [0.2, 0.25) is 0 Å². The van der Waals surface area contributed by atoms with Crippen LogP contribution in [0.25, 0.3) is 65.3 Å². The molecular weight excluding hydrogens is 567 g/mol. The van der Waals surface area contributed by atoms with Gasteiger partial charge in [0.2, 0.25) is 0 Å². The summed E-state index contributed by atoms with van der Waals surface area (Å²) in [5, 5.41) is 10.1. The molecule has 0 spiro atoms. The highest BCUT2D eigenvalue weighted by Gasteiger charge is 2.19. The van der Waals surface area contributed by atoms with Gasteiger partial charge < -0.3 is 4.90 Å². The third kappa shape index (κ3) is 4.81. The van der Waals surface area contributed by atoms with Crippen molar-refractivity contribution in [1.29, 1.82) is 0 Å². The van der Waals surface area contributed by atoms with Gasteiger partial charge >= 0.3 is 0 Å². The fourth-order valence-corrected chi connectivity index (χ4v) is 7.10. The van der Waals surface area contributed by atoms with Crippen LogP contribution < -0.4 is 4.90 Å². The zero-order valence-corrected chi connectivity index (χ0v) is 25.8. The molecule has 0 unspecified atom stereocenters. The first-order valence-electron chi connectivity index (χ1n) is 16.2. The predicted molar refractivity (Wildman–Crippen MR) is 202 cm³/mol. The number of rotatable bonds is 5. The van der Waals surface area contributed by atoms with Crippen molar-refractivity contribution in [3.05, 3.63) is 188 Å². The van der Waals surface area contributed by atoms with Gasteiger partial charge in [0.25, 0.3) is 0 Å². The molecule has 0 N–H and O–H groups in total. The van der Waals surface area contributed by atoms with Crippen molar-refractivity contribution in [3.63, 3.8) is 0 Å². The highest BCUT2D eigenvalue weighted by Crippen LogP contribution is 2.45. The van der Waals surface area contributed by atoms with Gasteiger partial charge in [-0.2, -0.15) is 0 Å². The summed E-state index contributed by atoms with van der Waals surface area (Å²) in [5.74, 6) is 0. The zero-order chi connectivity index (χ0) is 31.2. The quantitative estimate of drug-likeness (QED) is 0.178. The lowest BCUT2D eigenvalue weighted by molar-refractivity contribution is 1.29. The summed E-state index contributed by atoms with van der Waals surface area (Å²) in [5.41, 5.74) is 8.16. The first-order chi connectivity index (χ1) is 23.3. The Morgan fingerprint density at radius 2 is 0.872 bits per heavy atom. The summed E-state index contributed by atoms with van der Waals surface area (Å²) < 4.78 is 0. The van der Waals surface area contributed by atoms with Gasteiger partial charge in [-0.15, -0.1) is 0 Å². The van der Waals surface area contributed by atoms with Crippen LogP contribution in [0.1, 0.15) is 0 Å². The van der Waals surface area contributed by atoms with E-state index in [9.17, 15) is 0 Å². The van der Waals surface area contributed by atoms with Crippen molar-refractivity contribution >= 4 is 60.2 Å². The average Bonchev–Trinajstić information content (AvgIpc) is 3.15. The van der Waals surface area contributed by atoms with Crippen LogP contribution in [0.5, 0.6) is 0 Å². The van der Waals surface area contributed by atoms with E-state index in [2.05, 4.69) is 193 Å². The molecule has 0 fully saturated rings. The zero-order valence-electron chi connectivity index (χ0n) is 25.8. The first-order valence-corrected chi connectivity index (χ1v) is 16.2. The maximum atomic E-state index is 2.41. The molecule has 0 heterocycles. The van der Waals surface area contributed by atoms with Crippen molar-refractivity contribution in [3.8, 4) is 22.3 Å². The van der Waals surface area contributed by atoms with Gasteiger partial charge in [-0.25, -0.2) is 0 Å². The molecule has 1 nitrogen and oxygen atoms in total. The van der Waals surface area contributed by atoms with Gasteiger partial charge in [0.05, 0.1) is 5.69 Å². The Morgan fingerprint density at radius 1 is 0.298 bits per heavy atom. The summed E-state index contributed by atoms with van der Waals surface area (Å²) in [6, 6.07) is 68.4. The van der Waals surface area contributed by atoms with Crippen molar-refractivity contribution < 1.29 is 0 Å². The second-order valence-electron chi connectivity index (χ2n) is 12.2. The summed E-state index contributed by atoms with van der Waals surface area (Å²) in [6.45, 7) is 0. The number of anilines is 3. The van der Waals surface area contributed by atoms with Crippen LogP contribution in [0, 0.1) is 0 Å². The van der Waals surface area contributed by atoms with Crippen LogP contribution in [-0.2, 0) is 0 Å². The molecule has 0 amide bonds. The molecule has 1 heteroatoms.